The second kappa shape index (κ2) is 4.72. The number of nitro benzene ring substituents is 1. The molecule has 0 amide bonds. The molecule has 1 rings (SSSR count). The minimum absolute atomic E-state index is 0.0516. The van der Waals surface area contributed by atoms with Gasteiger partial charge in [-0.15, -0.1) is 11.6 Å². The van der Waals surface area contributed by atoms with E-state index in [9.17, 15) is 14.9 Å². The van der Waals surface area contributed by atoms with Gasteiger partial charge in [-0.2, -0.15) is 0 Å². The quantitative estimate of drug-likeness (QED) is 0.372. The van der Waals surface area contributed by atoms with E-state index < -0.39 is 10.7 Å². The number of carbonyl (C=O) groups is 1. The number of halogens is 2. The SMILES string of the molecule is Cc1c(Br)ccc(C(=O)CCl)c1[N+](=O)[O-]. The van der Waals surface area contributed by atoms with Crippen LogP contribution in [0.3, 0.4) is 0 Å². The highest BCUT2D eigenvalue weighted by atomic mass is 79.9. The molecular weight excluding hydrogens is 285 g/mol. The Morgan fingerprint density at radius 1 is 1.60 bits per heavy atom. The fraction of sp³-hybridized carbons (Fsp3) is 0.222. The van der Waals surface area contributed by atoms with Crippen LogP contribution in [-0.4, -0.2) is 16.6 Å². The summed E-state index contributed by atoms with van der Waals surface area (Å²) in [4.78, 5) is 21.6. The third kappa shape index (κ3) is 2.35. The van der Waals surface area contributed by atoms with Crippen LogP contribution in [0.15, 0.2) is 16.6 Å². The van der Waals surface area contributed by atoms with Crippen LogP contribution in [0.5, 0.6) is 0 Å². The van der Waals surface area contributed by atoms with Crippen molar-refractivity contribution in [1.82, 2.24) is 0 Å². The summed E-state index contributed by atoms with van der Waals surface area (Å²) in [6.45, 7) is 1.58. The van der Waals surface area contributed by atoms with E-state index in [4.69, 9.17) is 11.6 Å². The molecule has 0 bridgehead atoms. The van der Waals surface area contributed by atoms with Gasteiger partial charge in [0.15, 0.2) is 5.78 Å². The van der Waals surface area contributed by atoms with E-state index in [0.29, 0.717) is 10.0 Å². The molecule has 0 heterocycles. The lowest BCUT2D eigenvalue weighted by atomic mass is 10.1. The van der Waals surface area contributed by atoms with Crippen LogP contribution in [0.25, 0.3) is 0 Å². The first-order valence-corrected chi connectivity index (χ1v) is 5.34. The maximum Gasteiger partial charge on any atom is 0.284 e. The molecule has 15 heavy (non-hydrogen) atoms. The zero-order valence-electron chi connectivity index (χ0n) is 7.79. The summed E-state index contributed by atoms with van der Waals surface area (Å²) in [6.07, 6.45) is 0. The smallest absolute Gasteiger partial charge is 0.284 e. The summed E-state index contributed by atoms with van der Waals surface area (Å²) in [5.74, 6) is -0.707. The van der Waals surface area contributed by atoms with E-state index in [2.05, 4.69) is 15.9 Å². The number of benzene rings is 1. The summed E-state index contributed by atoms with van der Waals surface area (Å²) in [5.41, 5.74) is 0.293. The number of nitrogens with zero attached hydrogens (tertiary/aromatic N) is 1. The fourth-order valence-electron chi connectivity index (χ4n) is 1.21. The first kappa shape index (κ1) is 12.1. The minimum Gasteiger partial charge on any atom is -0.293 e. The van der Waals surface area contributed by atoms with Gasteiger partial charge in [0.05, 0.1) is 16.4 Å². The van der Waals surface area contributed by atoms with Gasteiger partial charge in [0, 0.05) is 10.0 Å². The average molecular weight is 293 g/mol. The van der Waals surface area contributed by atoms with E-state index in [1.54, 1.807) is 13.0 Å². The molecule has 0 fully saturated rings. The Bertz CT molecular complexity index is 434. The Morgan fingerprint density at radius 2 is 2.20 bits per heavy atom. The van der Waals surface area contributed by atoms with Gasteiger partial charge in [0.1, 0.15) is 0 Å². The van der Waals surface area contributed by atoms with E-state index >= 15 is 0 Å². The lowest BCUT2D eigenvalue weighted by molar-refractivity contribution is -0.385. The molecule has 1 aromatic rings. The zero-order valence-corrected chi connectivity index (χ0v) is 10.1. The number of nitro groups is 1. The summed E-state index contributed by atoms with van der Waals surface area (Å²) in [6, 6.07) is 3.00. The molecule has 0 aromatic heterocycles. The zero-order chi connectivity index (χ0) is 11.6. The first-order valence-electron chi connectivity index (χ1n) is 4.01. The maximum absolute atomic E-state index is 11.4. The Labute approximate surface area is 99.5 Å². The molecule has 4 nitrogen and oxygen atoms in total. The van der Waals surface area contributed by atoms with Crippen LogP contribution >= 0.6 is 27.5 Å². The molecular formula is C9H7BrClNO3. The molecule has 0 aliphatic rings. The molecule has 0 saturated heterocycles. The molecule has 0 aliphatic carbocycles. The molecule has 0 saturated carbocycles. The predicted molar refractivity (Wildman–Crippen MR) is 60.6 cm³/mol. The van der Waals surface area contributed by atoms with Gasteiger partial charge >= 0.3 is 0 Å². The van der Waals surface area contributed by atoms with Crippen LogP contribution in [-0.2, 0) is 0 Å². The van der Waals surface area contributed by atoms with Crippen LogP contribution in [0, 0.1) is 17.0 Å². The third-order valence-electron chi connectivity index (χ3n) is 1.97. The molecule has 1 aromatic carbocycles. The van der Waals surface area contributed by atoms with Crippen LogP contribution in [0.4, 0.5) is 5.69 Å². The Kier molecular flexibility index (Phi) is 3.82. The topological polar surface area (TPSA) is 60.2 Å². The molecule has 0 N–H and O–H groups in total. The van der Waals surface area contributed by atoms with E-state index in [-0.39, 0.29) is 17.1 Å². The predicted octanol–water partition coefficient (Wildman–Crippen LogP) is 3.09. The van der Waals surface area contributed by atoms with Gasteiger partial charge in [-0.3, -0.25) is 14.9 Å². The molecule has 0 radical (unpaired) electrons. The van der Waals surface area contributed by atoms with Gasteiger partial charge in [-0.05, 0) is 19.1 Å². The minimum atomic E-state index is -0.570. The third-order valence-corrected chi connectivity index (χ3v) is 3.07. The number of ketones is 1. The normalized spacial score (nSPS) is 10.1. The molecule has 0 spiro atoms. The highest BCUT2D eigenvalue weighted by molar-refractivity contribution is 9.10. The van der Waals surface area contributed by atoms with Crippen molar-refractivity contribution in [3.8, 4) is 0 Å². The summed E-state index contributed by atoms with van der Waals surface area (Å²) < 4.78 is 0.598. The number of hydrogen-bond donors (Lipinski definition) is 0. The van der Waals surface area contributed by atoms with Crippen LogP contribution in [0.1, 0.15) is 15.9 Å². The number of rotatable bonds is 3. The van der Waals surface area contributed by atoms with Crippen molar-refractivity contribution in [1.29, 1.82) is 0 Å². The molecule has 0 atom stereocenters. The van der Waals surface area contributed by atoms with Crippen molar-refractivity contribution >= 4 is 39.0 Å². The Hall–Kier alpha value is -0.940. The van der Waals surface area contributed by atoms with Gasteiger partial charge in [-0.25, -0.2) is 0 Å². The van der Waals surface area contributed by atoms with Crippen molar-refractivity contribution in [2.24, 2.45) is 0 Å². The van der Waals surface area contributed by atoms with Gasteiger partial charge < -0.3 is 0 Å². The maximum atomic E-state index is 11.4. The standard InChI is InChI=1S/C9H7BrClNO3/c1-5-7(10)3-2-6(8(13)4-11)9(5)12(14)15/h2-3H,4H2,1H3. The van der Waals surface area contributed by atoms with E-state index in [1.807, 2.05) is 0 Å². The number of hydrogen-bond acceptors (Lipinski definition) is 3. The van der Waals surface area contributed by atoms with E-state index in [1.165, 1.54) is 6.07 Å². The lowest BCUT2D eigenvalue weighted by Gasteiger charge is -2.04. The fourth-order valence-corrected chi connectivity index (χ4v) is 1.67. The first-order chi connectivity index (χ1) is 6.99. The Morgan fingerprint density at radius 3 is 2.67 bits per heavy atom. The van der Waals surface area contributed by atoms with Crippen molar-refractivity contribution in [3.05, 3.63) is 37.8 Å². The second-order valence-corrected chi connectivity index (χ2v) is 4.00. The largest absolute Gasteiger partial charge is 0.293 e. The number of alkyl halides is 1. The van der Waals surface area contributed by atoms with Crippen molar-refractivity contribution in [2.45, 2.75) is 6.92 Å². The highest BCUT2D eigenvalue weighted by Crippen LogP contribution is 2.30. The number of carbonyl (C=O) groups excluding carboxylic acids is 1. The van der Waals surface area contributed by atoms with Crippen molar-refractivity contribution in [3.63, 3.8) is 0 Å². The second-order valence-electron chi connectivity index (χ2n) is 2.88. The average Bonchev–Trinajstić information content (AvgIpc) is 2.20. The van der Waals surface area contributed by atoms with E-state index in [0.717, 1.165) is 0 Å². The van der Waals surface area contributed by atoms with Gasteiger partial charge in [-0.1, -0.05) is 15.9 Å². The van der Waals surface area contributed by atoms with Crippen molar-refractivity contribution in [2.75, 3.05) is 5.88 Å². The van der Waals surface area contributed by atoms with Gasteiger partial charge in [0.2, 0.25) is 0 Å². The van der Waals surface area contributed by atoms with Crippen molar-refractivity contribution < 1.29 is 9.72 Å². The monoisotopic (exact) mass is 291 g/mol. The summed E-state index contributed by atoms with van der Waals surface area (Å²) in [7, 11) is 0. The van der Waals surface area contributed by atoms with Crippen LogP contribution < -0.4 is 0 Å². The van der Waals surface area contributed by atoms with Gasteiger partial charge in [0.25, 0.3) is 5.69 Å². The molecule has 80 valence electrons. The molecule has 0 unspecified atom stereocenters. The molecule has 0 aliphatic heterocycles. The summed E-state index contributed by atoms with van der Waals surface area (Å²) in [5, 5.41) is 10.8. The highest BCUT2D eigenvalue weighted by Gasteiger charge is 2.23. The summed E-state index contributed by atoms with van der Waals surface area (Å²) >= 11 is 8.54. The Balaban J connectivity index is 3.46. The van der Waals surface area contributed by atoms with Crippen LogP contribution in [0.2, 0.25) is 0 Å². The lowest BCUT2D eigenvalue weighted by Crippen LogP contribution is -2.06. The molecule has 6 heteroatoms. The number of Topliss-reactive ketones (excluding diaryl/α,β-unsaturated/α-hetero) is 1.